The van der Waals surface area contributed by atoms with Gasteiger partial charge in [0.05, 0.1) is 12.3 Å². The van der Waals surface area contributed by atoms with Crippen molar-refractivity contribution in [1.82, 2.24) is 14.9 Å². The predicted molar refractivity (Wildman–Crippen MR) is 92.2 cm³/mol. The number of nitrogen functional groups attached to an aromatic ring is 1. The van der Waals surface area contributed by atoms with Gasteiger partial charge in [-0.2, -0.15) is 0 Å². The van der Waals surface area contributed by atoms with Crippen LogP contribution in [0.25, 0.3) is 0 Å². The van der Waals surface area contributed by atoms with Crippen molar-refractivity contribution in [1.29, 1.82) is 0 Å². The molecule has 3 rings (SSSR count). The van der Waals surface area contributed by atoms with E-state index in [1.807, 2.05) is 31.2 Å². The fourth-order valence-electron chi connectivity index (χ4n) is 2.81. The number of rotatable bonds is 4. The summed E-state index contributed by atoms with van der Waals surface area (Å²) in [6.45, 7) is 5.27. The molecule has 126 valence electrons. The number of amides is 1. The largest absolute Gasteiger partial charge is 0.492 e. The Balaban J connectivity index is 1.68. The zero-order valence-electron chi connectivity index (χ0n) is 13.7. The zero-order chi connectivity index (χ0) is 16.9. The maximum absolute atomic E-state index is 12.5. The standard InChI is InChI=1S/C17H21N5O2/c1-2-24-14-6-4-3-5-13(14)21-9-11-22(12-10-21)17(23)15-16(18)20-8-7-19-15/h3-8H,2,9-12H2,1H3,(H2,18,20). The average Bonchev–Trinajstić information content (AvgIpc) is 2.63. The van der Waals surface area contributed by atoms with E-state index in [4.69, 9.17) is 10.5 Å². The van der Waals surface area contributed by atoms with Crippen molar-refractivity contribution in [3.8, 4) is 5.75 Å². The van der Waals surface area contributed by atoms with Gasteiger partial charge in [-0.15, -0.1) is 0 Å². The van der Waals surface area contributed by atoms with Gasteiger partial charge < -0.3 is 20.3 Å². The fraction of sp³-hybridized carbons (Fsp3) is 0.353. The van der Waals surface area contributed by atoms with Crippen LogP contribution in [-0.4, -0.2) is 53.6 Å². The van der Waals surface area contributed by atoms with Gasteiger partial charge in [0.2, 0.25) is 0 Å². The molecule has 1 aliphatic rings. The Morgan fingerprint density at radius 1 is 1.17 bits per heavy atom. The summed E-state index contributed by atoms with van der Waals surface area (Å²) in [6.07, 6.45) is 2.97. The maximum Gasteiger partial charge on any atom is 0.276 e. The van der Waals surface area contributed by atoms with E-state index in [9.17, 15) is 4.79 Å². The summed E-state index contributed by atoms with van der Waals surface area (Å²) in [5.41, 5.74) is 7.04. The predicted octanol–water partition coefficient (Wildman–Crippen LogP) is 1.42. The summed E-state index contributed by atoms with van der Waals surface area (Å²) in [5.74, 6) is 0.878. The van der Waals surface area contributed by atoms with Crippen LogP contribution in [0.4, 0.5) is 11.5 Å². The minimum Gasteiger partial charge on any atom is -0.492 e. The molecule has 2 N–H and O–H groups in total. The Labute approximate surface area is 141 Å². The molecule has 0 unspecified atom stereocenters. The van der Waals surface area contributed by atoms with Gasteiger partial charge in [0, 0.05) is 38.6 Å². The Hall–Kier alpha value is -2.83. The van der Waals surface area contributed by atoms with E-state index in [1.165, 1.54) is 12.4 Å². The lowest BCUT2D eigenvalue weighted by molar-refractivity contribution is 0.0741. The van der Waals surface area contributed by atoms with Crippen LogP contribution in [0, 0.1) is 0 Å². The number of hydrogen-bond acceptors (Lipinski definition) is 6. The number of nitrogens with two attached hydrogens (primary N) is 1. The molecule has 7 nitrogen and oxygen atoms in total. The van der Waals surface area contributed by atoms with E-state index >= 15 is 0 Å². The Morgan fingerprint density at radius 3 is 2.58 bits per heavy atom. The minimum atomic E-state index is -0.168. The van der Waals surface area contributed by atoms with Crippen molar-refractivity contribution in [3.05, 3.63) is 42.4 Å². The minimum absolute atomic E-state index is 0.168. The van der Waals surface area contributed by atoms with Crippen LogP contribution in [0.15, 0.2) is 36.7 Å². The highest BCUT2D eigenvalue weighted by Gasteiger charge is 2.25. The summed E-state index contributed by atoms with van der Waals surface area (Å²) >= 11 is 0. The number of ether oxygens (including phenoxy) is 1. The van der Waals surface area contributed by atoms with Crippen LogP contribution in [0.2, 0.25) is 0 Å². The number of carbonyl (C=O) groups is 1. The molecule has 2 heterocycles. The SMILES string of the molecule is CCOc1ccccc1N1CCN(C(=O)c2nccnc2N)CC1. The molecule has 2 aromatic rings. The number of carbonyl (C=O) groups excluding carboxylic acids is 1. The molecule has 1 amide bonds. The zero-order valence-corrected chi connectivity index (χ0v) is 13.7. The summed E-state index contributed by atoms with van der Waals surface area (Å²) < 4.78 is 5.69. The smallest absolute Gasteiger partial charge is 0.276 e. The molecular weight excluding hydrogens is 306 g/mol. The molecular formula is C17H21N5O2. The van der Waals surface area contributed by atoms with Crippen LogP contribution in [0.3, 0.4) is 0 Å². The van der Waals surface area contributed by atoms with Gasteiger partial charge in [0.25, 0.3) is 5.91 Å². The van der Waals surface area contributed by atoms with Gasteiger partial charge in [-0.05, 0) is 19.1 Å². The van der Waals surface area contributed by atoms with Gasteiger partial charge in [0.1, 0.15) is 5.75 Å². The second-order valence-corrected chi connectivity index (χ2v) is 5.47. The highest BCUT2D eigenvalue weighted by molar-refractivity contribution is 5.96. The van der Waals surface area contributed by atoms with Crippen molar-refractivity contribution in [2.45, 2.75) is 6.92 Å². The molecule has 1 fully saturated rings. The van der Waals surface area contributed by atoms with Crippen LogP contribution in [-0.2, 0) is 0 Å². The number of nitrogens with zero attached hydrogens (tertiary/aromatic N) is 4. The first-order valence-electron chi connectivity index (χ1n) is 8.03. The van der Waals surface area contributed by atoms with Gasteiger partial charge in [-0.25, -0.2) is 9.97 Å². The first-order valence-corrected chi connectivity index (χ1v) is 8.03. The summed E-state index contributed by atoms with van der Waals surface area (Å²) in [7, 11) is 0. The molecule has 0 spiro atoms. The van der Waals surface area contributed by atoms with Crippen LogP contribution >= 0.6 is 0 Å². The van der Waals surface area contributed by atoms with Crippen LogP contribution < -0.4 is 15.4 Å². The molecule has 0 bridgehead atoms. The third-order valence-electron chi connectivity index (χ3n) is 4.00. The lowest BCUT2D eigenvalue weighted by Crippen LogP contribution is -2.49. The topological polar surface area (TPSA) is 84.6 Å². The van der Waals surface area contributed by atoms with E-state index in [-0.39, 0.29) is 17.4 Å². The molecule has 1 aromatic carbocycles. The Morgan fingerprint density at radius 2 is 1.88 bits per heavy atom. The van der Waals surface area contributed by atoms with Crippen molar-refractivity contribution in [2.24, 2.45) is 0 Å². The summed E-state index contributed by atoms with van der Waals surface area (Å²) in [5, 5.41) is 0. The van der Waals surface area contributed by atoms with E-state index in [2.05, 4.69) is 14.9 Å². The highest BCUT2D eigenvalue weighted by atomic mass is 16.5. The number of hydrogen-bond donors (Lipinski definition) is 1. The quantitative estimate of drug-likeness (QED) is 0.914. The second-order valence-electron chi connectivity index (χ2n) is 5.47. The van der Waals surface area contributed by atoms with Crippen LogP contribution in [0.5, 0.6) is 5.75 Å². The number of aromatic nitrogens is 2. The van der Waals surface area contributed by atoms with Gasteiger partial charge in [0.15, 0.2) is 11.5 Å². The van der Waals surface area contributed by atoms with Crippen molar-refractivity contribution < 1.29 is 9.53 Å². The van der Waals surface area contributed by atoms with Crippen LogP contribution in [0.1, 0.15) is 17.4 Å². The second kappa shape index (κ2) is 7.16. The first-order chi connectivity index (χ1) is 11.7. The normalized spacial score (nSPS) is 14.5. The van der Waals surface area contributed by atoms with Gasteiger partial charge in [-0.3, -0.25) is 4.79 Å². The lowest BCUT2D eigenvalue weighted by Gasteiger charge is -2.36. The molecule has 0 saturated carbocycles. The molecule has 1 aliphatic heterocycles. The molecule has 24 heavy (non-hydrogen) atoms. The van der Waals surface area contributed by atoms with E-state index in [0.29, 0.717) is 19.7 Å². The van der Waals surface area contributed by atoms with E-state index in [1.54, 1.807) is 4.90 Å². The summed E-state index contributed by atoms with van der Waals surface area (Å²) in [4.78, 5) is 24.5. The Bertz CT molecular complexity index is 714. The highest BCUT2D eigenvalue weighted by Crippen LogP contribution is 2.29. The number of piperazine rings is 1. The fourth-order valence-corrected chi connectivity index (χ4v) is 2.81. The lowest BCUT2D eigenvalue weighted by atomic mass is 10.2. The van der Waals surface area contributed by atoms with Gasteiger partial charge in [-0.1, -0.05) is 12.1 Å². The van der Waals surface area contributed by atoms with Crippen molar-refractivity contribution in [3.63, 3.8) is 0 Å². The molecule has 1 saturated heterocycles. The Kier molecular flexibility index (Phi) is 4.79. The molecule has 0 radical (unpaired) electrons. The number of anilines is 2. The average molecular weight is 327 g/mol. The third kappa shape index (κ3) is 3.24. The number of benzene rings is 1. The van der Waals surface area contributed by atoms with Crippen molar-refractivity contribution in [2.75, 3.05) is 43.4 Å². The summed E-state index contributed by atoms with van der Waals surface area (Å²) in [6, 6.07) is 7.97. The number of para-hydroxylation sites is 2. The van der Waals surface area contributed by atoms with Crippen molar-refractivity contribution >= 4 is 17.4 Å². The third-order valence-corrected chi connectivity index (χ3v) is 4.00. The van der Waals surface area contributed by atoms with E-state index < -0.39 is 0 Å². The monoisotopic (exact) mass is 327 g/mol. The van der Waals surface area contributed by atoms with E-state index in [0.717, 1.165) is 24.5 Å². The maximum atomic E-state index is 12.5. The first kappa shape index (κ1) is 16.0. The molecule has 0 atom stereocenters. The van der Waals surface area contributed by atoms with Gasteiger partial charge >= 0.3 is 0 Å². The molecule has 1 aromatic heterocycles. The molecule has 7 heteroatoms. The molecule has 0 aliphatic carbocycles.